The van der Waals surface area contributed by atoms with Crippen LogP contribution in [0.25, 0.3) is 22.2 Å². The SMILES string of the molecule is COc1cc(-c2ccc3cc4c(cc3n2)OCO4)cc(O)c1OC. The number of methoxy groups -OCH3 is 2. The monoisotopic (exact) mass is 325 g/mol. The van der Waals surface area contributed by atoms with Gasteiger partial charge in [-0.1, -0.05) is 6.07 Å². The summed E-state index contributed by atoms with van der Waals surface area (Å²) in [5.41, 5.74) is 2.22. The molecule has 0 aliphatic carbocycles. The standard InChI is InChI=1S/C18H15NO5/c1-21-17-7-11(5-14(20)18(17)22-2)12-4-3-10-6-15-16(24-9-23-15)8-13(10)19-12/h3-8,20H,9H2,1-2H3. The molecule has 0 unspecified atom stereocenters. The molecule has 3 aromatic rings. The van der Waals surface area contributed by atoms with E-state index in [0.717, 1.165) is 22.2 Å². The summed E-state index contributed by atoms with van der Waals surface area (Å²) in [6.45, 7) is 0.224. The fraction of sp³-hybridized carbons (Fsp3) is 0.167. The Morgan fingerprint density at radius 2 is 1.79 bits per heavy atom. The highest BCUT2D eigenvalue weighted by Gasteiger charge is 2.16. The third-order valence-electron chi connectivity index (χ3n) is 3.94. The Kier molecular flexibility index (Phi) is 3.30. The number of aromatic nitrogens is 1. The molecule has 2 heterocycles. The van der Waals surface area contributed by atoms with Gasteiger partial charge < -0.3 is 24.1 Å². The van der Waals surface area contributed by atoms with Crippen LogP contribution in [0.3, 0.4) is 0 Å². The summed E-state index contributed by atoms with van der Waals surface area (Å²) in [6, 6.07) is 11.0. The molecule has 4 rings (SSSR count). The first-order valence-corrected chi connectivity index (χ1v) is 7.35. The van der Waals surface area contributed by atoms with Crippen LogP contribution in [-0.4, -0.2) is 31.1 Å². The first-order chi connectivity index (χ1) is 11.7. The molecule has 0 saturated heterocycles. The van der Waals surface area contributed by atoms with Crippen LogP contribution in [0, 0.1) is 0 Å². The first-order valence-electron chi connectivity index (χ1n) is 7.35. The largest absolute Gasteiger partial charge is 0.504 e. The zero-order chi connectivity index (χ0) is 16.7. The van der Waals surface area contributed by atoms with Gasteiger partial charge in [-0.05, 0) is 24.3 Å². The normalized spacial score (nSPS) is 12.4. The fourth-order valence-corrected chi connectivity index (χ4v) is 2.77. The van der Waals surface area contributed by atoms with E-state index in [2.05, 4.69) is 4.98 Å². The van der Waals surface area contributed by atoms with Gasteiger partial charge in [0.25, 0.3) is 0 Å². The molecule has 0 bridgehead atoms. The van der Waals surface area contributed by atoms with Crippen LogP contribution < -0.4 is 18.9 Å². The summed E-state index contributed by atoms with van der Waals surface area (Å²) >= 11 is 0. The molecule has 122 valence electrons. The zero-order valence-electron chi connectivity index (χ0n) is 13.2. The summed E-state index contributed by atoms with van der Waals surface area (Å²) in [7, 11) is 3.00. The van der Waals surface area contributed by atoms with E-state index in [-0.39, 0.29) is 12.5 Å². The van der Waals surface area contributed by atoms with Gasteiger partial charge in [-0.2, -0.15) is 0 Å². The molecule has 6 heteroatoms. The molecule has 1 N–H and O–H groups in total. The van der Waals surface area contributed by atoms with Gasteiger partial charge in [0, 0.05) is 17.0 Å². The molecular formula is C18H15NO5. The van der Waals surface area contributed by atoms with Crippen molar-refractivity contribution < 1.29 is 24.1 Å². The van der Waals surface area contributed by atoms with E-state index in [4.69, 9.17) is 18.9 Å². The van der Waals surface area contributed by atoms with Crippen LogP contribution in [0.15, 0.2) is 36.4 Å². The molecule has 0 amide bonds. The molecule has 0 fully saturated rings. The van der Waals surface area contributed by atoms with E-state index in [0.29, 0.717) is 22.9 Å². The van der Waals surface area contributed by atoms with Crippen molar-refractivity contribution in [2.75, 3.05) is 21.0 Å². The number of phenols is 1. The lowest BCUT2D eigenvalue weighted by molar-refractivity contribution is 0.174. The molecule has 0 atom stereocenters. The van der Waals surface area contributed by atoms with E-state index >= 15 is 0 Å². The number of hydrogen-bond donors (Lipinski definition) is 1. The van der Waals surface area contributed by atoms with Crippen LogP contribution >= 0.6 is 0 Å². The molecule has 0 radical (unpaired) electrons. The zero-order valence-corrected chi connectivity index (χ0v) is 13.2. The Morgan fingerprint density at radius 1 is 1.00 bits per heavy atom. The van der Waals surface area contributed by atoms with Crippen LogP contribution in [-0.2, 0) is 0 Å². The number of pyridine rings is 1. The summed E-state index contributed by atoms with van der Waals surface area (Å²) in [6.07, 6.45) is 0. The Balaban J connectivity index is 1.84. The topological polar surface area (TPSA) is 70.0 Å². The Morgan fingerprint density at radius 3 is 2.54 bits per heavy atom. The van der Waals surface area contributed by atoms with Gasteiger partial charge in [0.1, 0.15) is 0 Å². The third-order valence-corrected chi connectivity index (χ3v) is 3.94. The van der Waals surface area contributed by atoms with Gasteiger partial charge in [-0.15, -0.1) is 0 Å². The fourth-order valence-electron chi connectivity index (χ4n) is 2.77. The first kappa shape index (κ1) is 14.4. The van der Waals surface area contributed by atoms with Gasteiger partial charge in [0.15, 0.2) is 23.0 Å². The highest BCUT2D eigenvalue weighted by atomic mass is 16.7. The number of fused-ring (bicyclic) bond motifs is 2. The molecule has 6 nitrogen and oxygen atoms in total. The van der Waals surface area contributed by atoms with Gasteiger partial charge in [0.2, 0.25) is 12.5 Å². The number of phenolic OH excluding ortho intramolecular Hbond substituents is 1. The van der Waals surface area contributed by atoms with Gasteiger partial charge in [-0.3, -0.25) is 0 Å². The second-order valence-electron chi connectivity index (χ2n) is 5.33. The average molecular weight is 325 g/mol. The van der Waals surface area contributed by atoms with Crippen molar-refractivity contribution >= 4 is 10.9 Å². The number of hydrogen-bond acceptors (Lipinski definition) is 6. The minimum Gasteiger partial charge on any atom is -0.504 e. The summed E-state index contributed by atoms with van der Waals surface area (Å²) in [4.78, 5) is 4.65. The van der Waals surface area contributed by atoms with Crippen LogP contribution in [0.1, 0.15) is 0 Å². The van der Waals surface area contributed by atoms with Crippen molar-refractivity contribution in [2.45, 2.75) is 0 Å². The Bertz CT molecular complexity index is 938. The van der Waals surface area contributed by atoms with E-state index in [9.17, 15) is 5.11 Å². The van der Waals surface area contributed by atoms with E-state index < -0.39 is 0 Å². The quantitative estimate of drug-likeness (QED) is 0.796. The maximum atomic E-state index is 10.1. The summed E-state index contributed by atoms with van der Waals surface area (Å²) in [5.74, 6) is 2.15. The minimum absolute atomic E-state index is 0.000524. The number of benzene rings is 2. The maximum Gasteiger partial charge on any atom is 0.231 e. The second-order valence-corrected chi connectivity index (χ2v) is 5.33. The van der Waals surface area contributed by atoms with Gasteiger partial charge in [-0.25, -0.2) is 4.98 Å². The maximum absolute atomic E-state index is 10.1. The van der Waals surface area contributed by atoms with Crippen LogP contribution in [0.4, 0.5) is 0 Å². The number of nitrogens with zero attached hydrogens (tertiary/aromatic N) is 1. The Hall–Kier alpha value is -3.15. The van der Waals surface area contributed by atoms with Crippen molar-refractivity contribution in [2.24, 2.45) is 0 Å². The smallest absolute Gasteiger partial charge is 0.231 e. The van der Waals surface area contributed by atoms with Crippen LogP contribution in [0.2, 0.25) is 0 Å². The highest BCUT2D eigenvalue weighted by Crippen LogP contribution is 2.41. The molecule has 0 saturated carbocycles. The molecule has 1 aliphatic rings. The lowest BCUT2D eigenvalue weighted by Gasteiger charge is -2.12. The molecule has 1 aliphatic heterocycles. The second kappa shape index (κ2) is 5.49. The van der Waals surface area contributed by atoms with Crippen molar-refractivity contribution in [1.29, 1.82) is 0 Å². The Labute approximate surface area is 138 Å². The van der Waals surface area contributed by atoms with Crippen molar-refractivity contribution in [1.82, 2.24) is 4.98 Å². The molecule has 0 spiro atoms. The van der Waals surface area contributed by atoms with Crippen molar-refractivity contribution in [3.63, 3.8) is 0 Å². The van der Waals surface area contributed by atoms with Crippen molar-refractivity contribution in [3.8, 4) is 40.0 Å². The number of ether oxygens (including phenoxy) is 4. The minimum atomic E-state index is -0.000524. The van der Waals surface area contributed by atoms with E-state index in [1.165, 1.54) is 14.2 Å². The van der Waals surface area contributed by atoms with Gasteiger partial charge >= 0.3 is 0 Å². The number of rotatable bonds is 3. The molecule has 24 heavy (non-hydrogen) atoms. The lowest BCUT2D eigenvalue weighted by atomic mass is 10.1. The predicted molar refractivity (Wildman–Crippen MR) is 88.1 cm³/mol. The highest BCUT2D eigenvalue weighted by molar-refractivity contribution is 5.85. The summed E-state index contributed by atoms with van der Waals surface area (Å²) in [5, 5.41) is 11.1. The average Bonchev–Trinajstić information content (AvgIpc) is 3.05. The molecule has 1 aromatic heterocycles. The van der Waals surface area contributed by atoms with Gasteiger partial charge in [0.05, 0.1) is 25.4 Å². The predicted octanol–water partition coefficient (Wildman–Crippen LogP) is 3.35. The lowest BCUT2D eigenvalue weighted by Crippen LogP contribution is -1.93. The number of aromatic hydroxyl groups is 1. The third kappa shape index (κ3) is 2.23. The van der Waals surface area contributed by atoms with E-state index in [1.54, 1.807) is 12.1 Å². The van der Waals surface area contributed by atoms with Crippen molar-refractivity contribution in [3.05, 3.63) is 36.4 Å². The molecular weight excluding hydrogens is 310 g/mol. The summed E-state index contributed by atoms with van der Waals surface area (Å²) < 4.78 is 21.2. The van der Waals surface area contributed by atoms with E-state index in [1.807, 2.05) is 24.3 Å². The molecule has 2 aromatic carbocycles. The van der Waals surface area contributed by atoms with Crippen LogP contribution in [0.5, 0.6) is 28.7 Å².